The van der Waals surface area contributed by atoms with Crippen LogP contribution in [-0.2, 0) is 10.8 Å². The van der Waals surface area contributed by atoms with Crippen molar-refractivity contribution in [1.29, 1.82) is 0 Å². The molecule has 0 saturated carbocycles. The molecule has 0 fully saturated rings. The maximum absolute atomic E-state index is 2.29. The first-order chi connectivity index (χ1) is 9.82. The van der Waals surface area contributed by atoms with E-state index in [1.807, 2.05) is 0 Å². The molecule has 22 heavy (non-hydrogen) atoms. The Morgan fingerprint density at radius 2 is 1.14 bits per heavy atom. The summed E-state index contributed by atoms with van der Waals surface area (Å²) in [5.41, 5.74) is 4.73. The minimum absolute atomic E-state index is 0.147. The molecule has 0 aliphatic heterocycles. The maximum Gasteiger partial charge on any atom is -0.0126 e. The topological polar surface area (TPSA) is 0 Å². The first-order valence-corrected chi connectivity index (χ1v) is 8.32. The van der Waals surface area contributed by atoms with Gasteiger partial charge in [0.05, 0.1) is 0 Å². The minimum atomic E-state index is 0.147. The SMILES string of the molecule is CC(C)(C)C=CC=Cc1c(C(C)(C)C)cccc1C(C)(C)C. The summed E-state index contributed by atoms with van der Waals surface area (Å²) in [5, 5.41) is 0. The van der Waals surface area contributed by atoms with Crippen LogP contribution in [0.15, 0.2) is 36.4 Å². The van der Waals surface area contributed by atoms with Crippen LogP contribution in [0.25, 0.3) is 6.08 Å². The quantitative estimate of drug-likeness (QED) is 0.521. The van der Waals surface area contributed by atoms with Gasteiger partial charge in [-0.2, -0.15) is 0 Å². The average molecular weight is 299 g/mol. The van der Waals surface area contributed by atoms with Crippen molar-refractivity contribution in [3.8, 4) is 0 Å². The Hall–Kier alpha value is -1.30. The molecule has 0 aromatic heterocycles. The van der Waals surface area contributed by atoms with E-state index in [0.29, 0.717) is 0 Å². The summed E-state index contributed by atoms with van der Waals surface area (Å²) in [4.78, 5) is 0. The lowest BCUT2D eigenvalue weighted by atomic mass is 9.76. The van der Waals surface area contributed by atoms with Gasteiger partial charge in [-0.25, -0.2) is 0 Å². The lowest BCUT2D eigenvalue weighted by Crippen LogP contribution is -2.19. The van der Waals surface area contributed by atoms with Gasteiger partial charge >= 0.3 is 0 Å². The molecular formula is C22H34. The van der Waals surface area contributed by atoms with Gasteiger partial charge in [0.2, 0.25) is 0 Å². The van der Waals surface area contributed by atoms with Crippen LogP contribution in [0.1, 0.15) is 79.0 Å². The Bertz CT molecular complexity index is 517. The van der Waals surface area contributed by atoms with E-state index in [4.69, 9.17) is 0 Å². The minimum Gasteiger partial charge on any atom is -0.0791 e. The van der Waals surface area contributed by atoms with Gasteiger partial charge in [0.15, 0.2) is 0 Å². The van der Waals surface area contributed by atoms with Gasteiger partial charge in [0.25, 0.3) is 0 Å². The first kappa shape index (κ1) is 18.7. The highest BCUT2D eigenvalue weighted by atomic mass is 14.3. The predicted octanol–water partition coefficient (Wildman–Crippen LogP) is 6.90. The summed E-state index contributed by atoms with van der Waals surface area (Å²) in [5.74, 6) is 0. The van der Waals surface area contributed by atoms with E-state index < -0.39 is 0 Å². The number of hydrogen-bond donors (Lipinski definition) is 0. The van der Waals surface area contributed by atoms with E-state index in [0.717, 1.165) is 0 Å². The lowest BCUT2D eigenvalue weighted by Gasteiger charge is -2.28. The van der Waals surface area contributed by atoms with Crippen molar-refractivity contribution >= 4 is 6.08 Å². The molecule has 0 atom stereocenters. The fourth-order valence-corrected chi connectivity index (χ4v) is 2.55. The van der Waals surface area contributed by atoms with Gasteiger partial charge in [0.1, 0.15) is 0 Å². The van der Waals surface area contributed by atoms with Crippen molar-refractivity contribution in [2.75, 3.05) is 0 Å². The Balaban J connectivity index is 3.36. The van der Waals surface area contributed by atoms with E-state index in [9.17, 15) is 0 Å². The Labute approximate surface area is 138 Å². The molecule has 1 aromatic carbocycles. The summed E-state index contributed by atoms with van der Waals surface area (Å²) in [6, 6.07) is 6.73. The predicted molar refractivity (Wildman–Crippen MR) is 101 cm³/mol. The van der Waals surface area contributed by atoms with Crippen molar-refractivity contribution in [1.82, 2.24) is 0 Å². The lowest BCUT2D eigenvalue weighted by molar-refractivity contribution is 0.544. The van der Waals surface area contributed by atoms with Crippen molar-refractivity contribution < 1.29 is 0 Å². The van der Waals surface area contributed by atoms with Crippen LogP contribution in [0.5, 0.6) is 0 Å². The van der Waals surface area contributed by atoms with Crippen molar-refractivity contribution in [2.45, 2.75) is 73.1 Å². The van der Waals surface area contributed by atoms with E-state index in [1.54, 1.807) is 0 Å². The molecule has 0 heteroatoms. The Morgan fingerprint density at radius 1 is 0.682 bits per heavy atom. The van der Waals surface area contributed by atoms with Gasteiger partial charge in [-0.05, 0) is 32.9 Å². The van der Waals surface area contributed by atoms with E-state index in [2.05, 4.69) is 105 Å². The molecule has 0 N–H and O–H groups in total. The summed E-state index contributed by atoms with van der Waals surface area (Å²) in [6.45, 7) is 20.4. The Kier molecular flexibility index (Phi) is 5.49. The number of hydrogen-bond acceptors (Lipinski definition) is 0. The van der Waals surface area contributed by atoms with Crippen molar-refractivity contribution in [3.05, 3.63) is 53.1 Å². The molecule has 0 heterocycles. The molecule has 0 amide bonds. The monoisotopic (exact) mass is 298 g/mol. The molecule has 0 bridgehead atoms. The van der Waals surface area contributed by atoms with Crippen LogP contribution in [0, 0.1) is 5.41 Å². The van der Waals surface area contributed by atoms with Gasteiger partial charge in [0, 0.05) is 0 Å². The van der Waals surface area contributed by atoms with E-state index in [1.165, 1.54) is 16.7 Å². The zero-order chi connectivity index (χ0) is 17.2. The highest BCUT2D eigenvalue weighted by Crippen LogP contribution is 2.34. The van der Waals surface area contributed by atoms with Crippen molar-refractivity contribution in [3.63, 3.8) is 0 Å². The molecular weight excluding hydrogens is 264 g/mol. The van der Waals surface area contributed by atoms with Crippen LogP contribution in [0.4, 0.5) is 0 Å². The third-order valence-corrected chi connectivity index (χ3v) is 3.69. The van der Waals surface area contributed by atoms with Gasteiger partial charge in [-0.3, -0.25) is 0 Å². The summed E-state index contributed by atoms with van der Waals surface area (Å²) >= 11 is 0. The molecule has 0 aliphatic carbocycles. The molecule has 0 nitrogen and oxygen atoms in total. The molecule has 1 rings (SSSR count). The molecule has 1 aromatic rings. The maximum atomic E-state index is 2.29. The number of allylic oxidation sites excluding steroid dienone is 3. The second kappa shape index (κ2) is 6.44. The van der Waals surface area contributed by atoms with Crippen molar-refractivity contribution in [2.24, 2.45) is 5.41 Å². The highest BCUT2D eigenvalue weighted by Gasteiger charge is 2.23. The Morgan fingerprint density at radius 3 is 1.50 bits per heavy atom. The smallest absolute Gasteiger partial charge is 0.0126 e. The third kappa shape index (κ3) is 5.48. The van der Waals surface area contributed by atoms with Crippen LogP contribution < -0.4 is 0 Å². The van der Waals surface area contributed by atoms with Crippen LogP contribution in [-0.4, -0.2) is 0 Å². The summed E-state index contributed by atoms with van der Waals surface area (Å²) < 4.78 is 0. The van der Waals surface area contributed by atoms with Gasteiger partial charge in [-0.15, -0.1) is 0 Å². The zero-order valence-electron chi connectivity index (χ0n) is 16.0. The van der Waals surface area contributed by atoms with Gasteiger partial charge < -0.3 is 0 Å². The third-order valence-electron chi connectivity index (χ3n) is 3.69. The first-order valence-electron chi connectivity index (χ1n) is 8.32. The van der Waals surface area contributed by atoms with Crippen LogP contribution in [0.3, 0.4) is 0 Å². The normalized spacial score (nSPS) is 14.2. The van der Waals surface area contributed by atoms with Gasteiger partial charge in [-0.1, -0.05) is 105 Å². The zero-order valence-corrected chi connectivity index (χ0v) is 16.0. The molecule has 122 valence electrons. The fourth-order valence-electron chi connectivity index (χ4n) is 2.55. The second-order valence-electron chi connectivity index (χ2n) is 9.35. The van der Waals surface area contributed by atoms with Crippen LogP contribution >= 0.6 is 0 Å². The summed E-state index contributed by atoms with van der Waals surface area (Å²) in [7, 11) is 0. The van der Waals surface area contributed by atoms with Crippen LogP contribution in [0.2, 0.25) is 0 Å². The second-order valence-corrected chi connectivity index (χ2v) is 9.35. The molecule has 0 unspecified atom stereocenters. The number of rotatable bonds is 2. The molecule has 0 radical (unpaired) electrons. The number of benzene rings is 1. The standard InChI is InChI=1S/C22H34/c1-20(2,3)16-11-10-13-17-18(21(4,5)6)14-12-15-19(17)22(7,8)9/h10-16H,1-9H3. The molecule has 0 spiro atoms. The largest absolute Gasteiger partial charge is 0.0791 e. The summed E-state index contributed by atoms with van der Waals surface area (Å²) in [6.07, 6.45) is 8.89. The fraction of sp³-hybridized carbons (Fsp3) is 0.545. The highest BCUT2D eigenvalue weighted by molar-refractivity contribution is 5.62. The van der Waals surface area contributed by atoms with E-state index >= 15 is 0 Å². The molecule has 0 saturated heterocycles. The average Bonchev–Trinajstić information content (AvgIpc) is 2.30. The molecule has 0 aliphatic rings. The van der Waals surface area contributed by atoms with E-state index in [-0.39, 0.29) is 16.2 Å².